The van der Waals surface area contributed by atoms with Gasteiger partial charge in [-0.1, -0.05) is 24.3 Å². The topological polar surface area (TPSA) is 51.5 Å². The van der Waals surface area contributed by atoms with Gasteiger partial charge in [0, 0.05) is 17.7 Å². The summed E-state index contributed by atoms with van der Waals surface area (Å²) in [7, 11) is 0. The van der Waals surface area contributed by atoms with Crippen molar-refractivity contribution in [2.45, 2.75) is 6.92 Å². The number of nitrogens with zero attached hydrogens (tertiary/aromatic N) is 1. The van der Waals surface area contributed by atoms with Crippen molar-refractivity contribution in [1.82, 2.24) is 0 Å². The van der Waals surface area contributed by atoms with Gasteiger partial charge < -0.3 is 10.2 Å². The van der Waals surface area contributed by atoms with Gasteiger partial charge >= 0.3 is 0 Å². The smallest absolute Gasteiger partial charge is 0.169 e. The van der Waals surface area contributed by atoms with Crippen molar-refractivity contribution in [3.8, 4) is 11.3 Å². The van der Waals surface area contributed by atoms with Crippen LogP contribution in [0.1, 0.15) is 12.5 Å². The molecule has 1 aromatic carbocycles. The Bertz CT molecular complexity index is 529. The third kappa shape index (κ3) is 2.77. The molecule has 1 heterocycles. The molecule has 0 amide bonds. The van der Waals surface area contributed by atoms with Crippen LogP contribution in [0, 0.1) is 0 Å². The van der Waals surface area contributed by atoms with Crippen LogP contribution in [0.3, 0.4) is 0 Å². The van der Waals surface area contributed by atoms with E-state index in [4.69, 9.17) is 10.2 Å². The molecule has 4 heteroatoms. The molecule has 0 radical (unpaired) electrons. The summed E-state index contributed by atoms with van der Waals surface area (Å²) in [6.07, 6.45) is 0. The van der Waals surface area contributed by atoms with Crippen LogP contribution in [0.4, 0.5) is 0 Å². The summed E-state index contributed by atoms with van der Waals surface area (Å²) in [5.74, 6) is 1.40. The van der Waals surface area contributed by atoms with E-state index in [1.54, 1.807) is 0 Å². The third-order valence-corrected chi connectivity index (χ3v) is 2.79. The monoisotopic (exact) mass is 292 g/mol. The van der Waals surface area contributed by atoms with E-state index in [0.29, 0.717) is 12.4 Å². The lowest BCUT2D eigenvalue weighted by Gasteiger charge is -2.01. The zero-order valence-electron chi connectivity index (χ0n) is 9.48. The number of hydrogen-bond acceptors (Lipinski definition) is 2. The molecule has 0 spiro atoms. The summed E-state index contributed by atoms with van der Waals surface area (Å²) in [6, 6.07) is 11.6. The highest BCUT2D eigenvalue weighted by atomic mass is 79.9. The van der Waals surface area contributed by atoms with Crippen molar-refractivity contribution < 1.29 is 4.42 Å². The predicted octanol–water partition coefficient (Wildman–Crippen LogP) is 3.43. The highest BCUT2D eigenvalue weighted by molar-refractivity contribution is 9.10. The molecule has 3 nitrogen and oxygen atoms in total. The molecule has 0 unspecified atom stereocenters. The molecule has 0 bridgehead atoms. The van der Waals surface area contributed by atoms with E-state index in [-0.39, 0.29) is 0 Å². The quantitative estimate of drug-likeness (QED) is 0.696. The lowest BCUT2D eigenvalue weighted by atomic mass is 10.1. The largest absolute Gasteiger partial charge is 0.449 e. The fourth-order valence-corrected chi connectivity index (χ4v) is 1.84. The predicted molar refractivity (Wildman–Crippen MR) is 73.1 cm³/mol. The molecule has 17 heavy (non-hydrogen) atoms. The fourth-order valence-electron chi connectivity index (χ4n) is 1.54. The maximum absolute atomic E-state index is 5.82. The number of hydrogen-bond donors (Lipinski definition) is 1. The van der Waals surface area contributed by atoms with Crippen LogP contribution < -0.4 is 5.73 Å². The minimum Gasteiger partial charge on any atom is -0.449 e. The summed E-state index contributed by atoms with van der Waals surface area (Å²) < 4.78 is 6.20. The van der Waals surface area contributed by atoms with Gasteiger partial charge in [-0.3, -0.25) is 4.99 Å². The normalized spacial score (nSPS) is 11.8. The van der Waals surface area contributed by atoms with Crippen LogP contribution in [0.15, 0.2) is 50.5 Å². The Hall–Kier alpha value is -1.55. The zero-order chi connectivity index (χ0) is 12.3. The highest BCUT2D eigenvalue weighted by Gasteiger charge is 2.04. The van der Waals surface area contributed by atoms with Gasteiger partial charge in [0.25, 0.3) is 0 Å². The van der Waals surface area contributed by atoms with Crippen molar-refractivity contribution in [2.75, 3.05) is 6.54 Å². The van der Waals surface area contributed by atoms with E-state index in [9.17, 15) is 0 Å². The first kappa shape index (κ1) is 11.9. The maximum Gasteiger partial charge on any atom is 0.169 e. The number of amidine groups is 1. The summed E-state index contributed by atoms with van der Waals surface area (Å²) in [6.45, 7) is 2.65. The van der Waals surface area contributed by atoms with Crippen molar-refractivity contribution in [3.63, 3.8) is 0 Å². The first-order valence-electron chi connectivity index (χ1n) is 5.36. The molecule has 88 valence electrons. The molecular weight excluding hydrogens is 280 g/mol. The summed E-state index contributed by atoms with van der Waals surface area (Å²) in [4.78, 5) is 4.16. The molecular formula is C13H13BrN2O. The molecule has 0 aliphatic rings. The van der Waals surface area contributed by atoms with E-state index >= 15 is 0 Å². The van der Waals surface area contributed by atoms with Crippen molar-refractivity contribution in [1.29, 1.82) is 0 Å². The maximum atomic E-state index is 5.82. The van der Waals surface area contributed by atoms with Gasteiger partial charge in [-0.15, -0.1) is 0 Å². The van der Waals surface area contributed by atoms with Crippen LogP contribution in [0.5, 0.6) is 0 Å². The second kappa shape index (κ2) is 5.19. The Balaban J connectivity index is 2.27. The molecule has 0 saturated carbocycles. The Labute approximate surface area is 108 Å². The number of nitrogens with two attached hydrogens (primary N) is 1. The number of furan rings is 1. The molecule has 0 fully saturated rings. The van der Waals surface area contributed by atoms with E-state index in [2.05, 4.69) is 20.9 Å². The molecule has 0 aliphatic heterocycles. The van der Waals surface area contributed by atoms with Crippen LogP contribution in [0.25, 0.3) is 11.3 Å². The van der Waals surface area contributed by atoms with Crippen LogP contribution in [0.2, 0.25) is 0 Å². The second-order valence-corrected chi connectivity index (χ2v) is 4.32. The van der Waals surface area contributed by atoms with Gasteiger partial charge in [0.1, 0.15) is 11.6 Å². The van der Waals surface area contributed by atoms with E-state index in [0.717, 1.165) is 21.6 Å². The number of halogens is 1. The van der Waals surface area contributed by atoms with Crippen LogP contribution in [-0.4, -0.2) is 12.4 Å². The van der Waals surface area contributed by atoms with E-state index < -0.39 is 0 Å². The van der Waals surface area contributed by atoms with E-state index in [1.807, 2.05) is 43.3 Å². The Morgan fingerprint density at radius 1 is 1.24 bits per heavy atom. The molecule has 0 aliphatic carbocycles. The fraction of sp³-hybridized carbons (Fsp3) is 0.154. The van der Waals surface area contributed by atoms with Crippen LogP contribution in [-0.2, 0) is 0 Å². The first-order chi connectivity index (χ1) is 8.20. The zero-order valence-corrected chi connectivity index (χ0v) is 11.1. The number of aliphatic imine (C=N–C) groups is 1. The van der Waals surface area contributed by atoms with Gasteiger partial charge in [0.05, 0.1) is 0 Å². The van der Waals surface area contributed by atoms with Gasteiger partial charge in [-0.25, -0.2) is 0 Å². The van der Waals surface area contributed by atoms with E-state index in [1.165, 1.54) is 0 Å². The third-order valence-electron chi connectivity index (χ3n) is 2.37. The SMILES string of the molecule is CC/N=C(\N)c1ccc(-c2ccc(Br)o2)cc1. The summed E-state index contributed by atoms with van der Waals surface area (Å²) in [5.41, 5.74) is 7.77. The number of rotatable bonds is 3. The highest BCUT2D eigenvalue weighted by Crippen LogP contribution is 2.25. The Morgan fingerprint density at radius 3 is 2.47 bits per heavy atom. The molecule has 0 saturated heterocycles. The van der Waals surface area contributed by atoms with Gasteiger partial charge in [-0.05, 0) is 35.0 Å². The standard InChI is InChI=1S/C13H13BrN2O/c1-2-16-13(15)10-5-3-9(4-6-10)11-7-8-12(14)17-11/h3-8H,2H2,1H3,(H2,15,16). The molecule has 1 aromatic heterocycles. The van der Waals surface area contributed by atoms with Gasteiger partial charge in [0.2, 0.25) is 0 Å². The van der Waals surface area contributed by atoms with Crippen molar-refractivity contribution in [3.05, 3.63) is 46.6 Å². The van der Waals surface area contributed by atoms with Gasteiger partial charge in [0.15, 0.2) is 4.67 Å². The number of benzene rings is 1. The Kier molecular flexibility index (Phi) is 3.64. The second-order valence-electron chi connectivity index (χ2n) is 3.54. The minimum absolute atomic E-state index is 0.569. The van der Waals surface area contributed by atoms with Gasteiger partial charge in [-0.2, -0.15) is 0 Å². The molecule has 2 aromatic rings. The van der Waals surface area contributed by atoms with Crippen molar-refractivity contribution in [2.24, 2.45) is 10.7 Å². The minimum atomic E-state index is 0.569. The Morgan fingerprint density at radius 2 is 1.94 bits per heavy atom. The average Bonchev–Trinajstić information content (AvgIpc) is 2.76. The summed E-state index contributed by atoms with van der Waals surface area (Å²) >= 11 is 3.28. The van der Waals surface area contributed by atoms with Crippen LogP contribution >= 0.6 is 15.9 Å². The molecule has 2 rings (SSSR count). The average molecular weight is 293 g/mol. The summed E-state index contributed by atoms with van der Waals surface area (Å²) in [5, 5.41) is 0. The lowest BCUT2D eigenvalue weighted by molar-refractivity contribution is 0.556. The van der Waals surface area contributed by atoms with Crippen molar-refractivity contribution >= 4 is 21.8 Å². The molecule has 0 atom stereocenters. The lowest BCUT2D eigenvalue weighted by Crippen LogP contribution is -2.13. The molecule has 2 N–H and O–H groups in total. The first-order valence-corrected chi connectivity index (χ1v) is 6.16.